The number of H-pyrrole nitrogens is 1. The molecule has 1 aliphatic rings. The lowest BCUT2D eigenvalue weighted by Crippen LogP contribution is -2.57. The third-order valence-corrected chi connectivity index (χ3v) is 11.0. The second kappa shape index (κ2) is 27.4. The summed E-state index contributed by atoms with van der Waals surface area (Å²) in [5, 5.41) is 14.5. The molecule has 346 valence electrons. The number of aromatic nitrogens is 1. The number of aromatic amines is 1. The van der Waals surface area contributed by atoms with Gasteiger partial charge in [-0.25, -0.2) is 0 Å². The number of fused-ring (bicyclic) bond motifs is 1. The van der Waals surface area contributed by atoms with Crippen molar-refractivity contribution < 1.29 is 28.8 Å². The van der Waals surface area contributed by atoms with E-state index in [4.69, 9.17) is 17.2 Å². The van der Waals surface area contributed by atoms with Gasteiger partial charge in [0.15, 0.2) is 5.96 Å². The summed E-state index contributed by atoms with van der Waals surface area (Å²) in [6, 6.07) is 25.8. The van der Waals surface area contributed by atoms with Gasteiger partial charge in [0.05, 0.1) is 13.1 Å². The molecule has 0 radical (unpaired) electrons. The summed E-state index contributed by atoms with van der Waals surface area (Å²) in [7, 11) is 0. The highest BCUT2D eigenvalue weighted by Crippen LogP contribution is 2.43. The van der Waals surface area contributed by atoms with Gasteiger partial charge in [0, 0.05) is 48.9 Å². The molecule has 0 spiro atoms. The highest BCUT2D eigenvalue weighted by Gasteiger charge is 2.40. The zero-order chi connectivity index (χ0) is 46.9. The van der Waals surface area contributed by atoms with Crippen molar-refractivity contribution in [2.45, 2.75) is 103 Å². The molecule has 1 heterocycles. The quantitative estimate of drug-likeness (QED) is 0.0380. The van der Waals surface area contributed by atoms with Crippen LogP contribution in [0.4, 0.5) is 0 Å². The number of unbranched alkanes of at least 4 members (excludes halogenated alkanes) is 1. The van der Waals surface area contributed by atoms with E-state index in [1.54, 1.807) is 0 Å². The molecule has 1 fully saturated rings. The van der Waals surface area contributed by atoms with Crippen LogP contribution in [0.5, 0.6) is 0 Å². The Labute approximate surface area is 376 Å². The van der Waals surface area contributed by atoms with E-state index in [9.17, 15) is 28.8 Å². The number of nitrogens with two attached hydrogens (primary N) is 3. The first-order valence-corrected chi connectivity index (χ1v) is 22.0. The summed E-state index contributed by atoms with van der Waals surface area (Å²) in [4.78, 5) is 81.0. The summed E-state index contributed by atoms with van der Waals surface area (Å²) in [5.41, 5.74) is 19.8. The van der Waals surface area contributed by atoms with Crippen molar-refractivity contribution in [3.8, 4) is 0 Å². The van der Waals surface area contributed by atoms with E-state index in [2.05, 4.69) is 80.7 Å². The van der Waals surface area contributed by atoms with Crippen molar-refractivity contribution in [3.05, 3.63) is 108 Å². The first-order valence-electron chi connectivity index (χ1n) is 22.0. The number of hydrogen-bond donors (Lipinski definition) is 9. The maximum Gasteiger partial charge on any atom is 0.243 e. The number of hydrogen-bond acceptors (Lipinski definition) is 7. The number of nitrogens with zero attached hydrogens (tertiary/aromatic N) is 1. The molecule has 4 aromatic rings. The van der Waals surface area contributed by atoms with E-state index in [1.807, 2.05) is 67.7 Å². The van der Waals surface area contributed by atoms with E-state index >= 15 is 0 Å². The molecule has 16 nitrogen and oxygen atoms in total. The van der Waals surface area contributed by atoms with Crippen LogP contribution in [0.2, 0.25) is 0 Å². The van der Waals surface area contributed by atoms with Gasteiger partial charge in [-0.05, 0) is 80.5 Å². The van der Waals surface area contributed by atoms with Gasteiger partial charge < -0.3 is 48.8 Å². The number of amides is 6. The predicted octanol–water partition coefficient (Wildman–Crippen LogP) is 3.73. The molecular weight excluding hydrogens is 813 g/mol. The fraction of sp³-hybridized carbons (Fsp3) is 0.438. The molecule has 64 heavy (non-hydrogen) atoms. The molecule has 2 unspecified atom stereocenters. The Balaban J connectivity index is 0.000000494. The van der Waals surface area contributed by atoms with Crippen LogP contribution in [0.3, 0.4) is 0 Å². The number of benzene rings is 3. The van der Waals surface area contributed by atoms with Crippen LogP contribution in [0, 0.1) is 12.3 Å². The van der Waals surface area contributed by atoms with Crippen LogP contribution in [0.15, 0.2) is 96.1 Å². The van der Waals surface area contributed by atoms with Crippen LogP contribution in [0.25, 0.3) is 10.9 Å². The lowest BCUT2D eigenvalue weighted by Gasteiger charge is -2.37. The van der Waals surface area contributed by atoms with Crippen molar-refractivity contribution in [1.29, 1.82) is 0 Å². The molecule has 0 saturated heterocycles. The number of carbonyl (C=O) groups is 6. The topological polar surface area (TPSA) is 269 Å². The van der Waals surface area contributed by atoms with Crippen molar-refractivity contribution in [2.24, 2.45) is 27.6 Å². The van der Waals surface area contributed by atoms with E-state index in [1.165, 1.54) is 29.0 Å². The zero-order valence-corrected chi connectivity index (χ0v) is 37.7. The summed E-state index contributed by atoms with van der Waals surface area (Å²) in [6.45, 7) is 7.92. The molecule has 1 aliphatic carbocycles. The van der Waals surface area contributed by atoms with Gasteiger partial charge in [-0.1, -0.05) is 99.1 Å². The maximum atomic E-state index is 13.8. The van der Waals surface area contributed by atoms with E-state index in [-0.39, 0.29) is 43.7 Å². The molecular formula is C48H68N10O6. The van der Waals surface area contributed by atoms with Crippen molar-refractivity contribution in [3.63, 3.8) is 0 Å². The second-order valence-corrected chi connectivity index (χ2v) is 16.3. The molecule has 12 N–H and O–H groups in total. The Hall–Kier alpha value is -6.71. The monoisotopic (exact) mass is 881 g/mol. The van der Waals surface area contributed by atoms with Crippen LogP contribution >= 0.6 is 0 Å². The number of aryl methyl sites for hydroxylation is 1. The minimum Gasteiger partial charge on any atom is -0.370 e. The average Bonchev–Trinajstić information content (AvgIpc) is 3.66. The normalized spacial score (nSPS) is 16.2. The molecule has 1 saturated carbocycles. The van der Waals surface area contributed by atoms with Crippen LogP contribution in [-0.2, 0) is 35.2 Å². The summed E-state index contributed by atoms with van der Waals surface area (Å²) in [5.74, 6) is -2.39. The van der Waals surface area contributed by atoms with Crippen molar-refractivity contribution >= 4 is 52.3 Å². The third kappa shape index (κ3) is 18.7. The van der Waals surface area contributed by atoms with Crippen molar-refractivity contribution in [1.82, 2.24) is 31.6 Å². The SMILES string of the molecule is CC1(C(=O)NC(Cc2ccccc2)C(=O)NC(CCCN=C(N)N)C(=O)NCC(=O)NCC(N)=O)CCC(c2ccccc2)CC1.CCCCNC(C)=O.Cc1c[nH]c2ccccc12. The highest BCUT2D eigenvalue weighted by molar-refractivity contribution is 5.94. The molecule has 2 atom stereocenters. The number of carbonyl (C=O) groups excluding carboxylic acids is 6. The van der Waals surface area contributed by atoms with Gasteiger partial charge in [0.1, 0.15) is 12.1 Å². The van der Waals surface area contributed by atoms with E-state index in [0.29, 0.717) is 25.2 Å². The number of nitrogens with one attached hydrogen (secondary N) is 6. The van der Waals surface area contributed by atoms with Crippen LogP contribution in [-0.4, -0.2) is 84.6 Å². The largest absolute Gasteiger partial charge is 0.370 e. The summed E-state index contributed by atoms with van der Waals surface area (Å²) >= 11 is 0. The Morgan fingerprint density at radius 1 is 0.781 bits per heavy atom. The number of primary amides is 1. The van der Waals surface area contributed by atoms with Crippen molar-refractivity contribution in [2.75, 3.05) is 26.2 Å². The third-order valence-electron chi connectivity index (χ3n) is 11.0. The number of guanidine groups is 1. The van der Waals surface area contributed by atoms with Gasteiger partial charge in [-0.2, -0.15) is 0 Å². The predicted molar refractivity (Wildman–Crippen MR) is 252 cm³/mol. The molecule has 3 aromatic carbocycles. The lowest BCUT2D eigenvalue weighted by molar-refractivity contribution is -0.137. The Kier molecular flexibility index (Phi) is 22.1. The van der Waals surface area contributed by atoms with Gasteiger partial charge >= 0.3 is 0 Å². The molecule has 16 heteroatoms. The summed E-state index contributed by atoms with van der Waals surface area (Å²) in [6.07, 6.45) is 8.02. The Morgan fingerprint density at radius 2 is 1.42 bits per heavy atom. The maximum absolute atomic E-state index is 13.8. The summed E-state index contributed by atoms with van der Waals surface area (Å²) < 4.78 is 0. The molecule has 5 rings (SSSR count). The van der Waals surface area contributed by atoms with E-state index in [0.717, 1.165) is 37.8 Å². The Morgan fingerprint density at radius 3 is 2.03 bits per heavy atom. The number of aliphatic imine (C=N–C) groups is 1. The molecule has 6 amide bonds. The molecule has 0 aliphatic heterocycles. The lowest BCUT2D eigenvalue weighted by atomic mass is 9.69. The fourth-order valence-corrected chi connectivity index (χ4v) is 7.17. The first-order chi connectivity index (χ1) is 30.6. The van der Waals surface area contributed by atoms with Crippen LogP contribution < -0.4 is 43.8 Å². The highest BCUT2D eigenvalue weighted by atomic mass is 16.2. The molecule has 0 bridgehead atoms. The Bertz CT molecular complexity index is 2110. The van der Waals surface area contributed by atoms with E-state index < -0.39 is 47.7 Å². The minimum absolute atomic E-state index is 0.0680. The number of rotatable bonds is 19. The average molecular weight is 881 g/mol. The fourth-order valence-electron chi connectivity index (χ4n) is 7.17. The smallest absolute Gasteiger partial charge is 0.243 e. The van der Waals surface area contributed by atoms with Gasteiger partial charge in [-0.3, -0.25) is 33.8 Å². The standard InChI is InChI=1S/C33H46N8O5.C9H9N.C6H13NO/c1-33(16-14-24(15-17-33)23-11-6-3-7-12-23)31(46)41-26(19-22-9-4-2-5-10-22)30(45)40-25(13-8-18-37-32(35)36)29(44)39-21-28(43)38-20-27(34)42;1-7-6-10-9-5-3-2-4-8(7)9;1-3-4-5-7-6(2)8/h2-7,9-12,24-26H,8,13-21H2,1H3,(H2,34,42)(H,38,43)(H,39,44)(H,40,45)(H,41,46)(H4,35,36,37);2-6,10H,1H3;3-5H2,1-2H3,(H,7,8). The number of para-hydroxylation sites is 1. The van der Waals surface area contributed by atoms with Gasteiger partial charge in [0.25, 0.3) is 0 Å². The van der Waals surface area contributed by atoms with Gasteiger partial charge in [0.2, 0.25) is 35.4 Å². The van der Waals surface area contributed by atoms with Crippen LogP contribution in [0.1, 0.15) is 94.7 Å². The zero-order valence-electron chi connectivity index (χ0n) is 37.7. The molecule has 1 aromatic heterocycles. The minimum atomic E-state index is -1.06. The first kappa shape index (κ1) is 51.6. The second-order valence-electron chi connectivity index (χ2n) is 16.3. The van der Waals surface area contributed by atoms with Gasteiger partial charge in [-0.15, -0.1) is 0 Å².